The molecule has 1 aromatic rings. The van der Waals surface area contributed by atoms with Gasteiger partial charge in [0, 0.05) is 0 Å². The first-order chi connectivity index (χ1) is 7.82. The highest BCUT2D eigenvalue weighted by Crippen LogP contribution is 2.28. The Kier molecular flexibility index (Phi) is 3.87. The molecule has 0 aliphatic carbocycles. The van der Waals surface area contributed by atoms with E-state index >= 15 is 0 Å². The summed E-state index contributed by atoms with van der Waals surface area (Å²) in [6, 6.07) is 0.674. The topological polar surface area (TPSA) is 78.1 Å². The molecule has 0 saturated heterocycles. The van der Waals surface area contributed by atoms with Crippen molar-refractivity contribution < 1.29 is 22.7 Å². The third-order valence-electron chi connectivity index (χ3n) is 1.72. The highest BCUT2D eigenvalue weighted by atomic mass is 19.4. The van der Waals surface area contributed by atoms with E-state index in [0.29, 0.717) is 6.07 Å². The van der Waals surface area contributed by atoms with E-state index in [0.717, 1.165) is 0 Å². The van der Waals surface area contributed by atoms with Gasteiger partial charge in [0.15, 0.2) is 0 Å². The molecule has 0 aliphatic rings. The molecule has 8 heteroatoms. The Morgan fingerprint density at radius 2 is 2.12 bits per heavy atom. The molecule has 0 aliphatic heterocycles. The van der Waals surface area contributed by atoms with Crippen molar-refractivity contribution in [1.82, 2.24) is 9.97 Å². The van der Waals surface area contributed by atoms with E-state index in [4.69, 9.17) is 5.73 Å². The minimum absolute atomic E-state index is 0.122. The summed E-state index contributed by atoms with van der Waals surface area (Å²) < 4.78 is 41.7. The molecule has 0 unspecified atom stereocenters. The predicted molar refractivity (Wildman–Crippen MR) is 51.8 cm³/mol. The number of carbonyl (C=O) groups is 1. The first-order valence-corrected chi connectivity index (χ1v) is 4.69. The SMILES string of the molecule is CCOC(=O)Cc1cc(C(F)(F)F)nc(N)n1. The van der Waals surface area contributed by atoms with Gasteiger partial charge in [0.25, 0.3) is 0 Å². The maximum Gasteiger partial charge on any atom is 0.433 e. The largest absolute Gasteiger partial charge is 0.466 e. The molecule has 0 fully saturated rings. The number of rotatable bonds is 3. The Hall–Kier alpha value is -1.86. The fourth-order valence-electron chi connectivity index (χ4n) is 1.11. The van der Waals surface area contributed by atoms with Crippen LogP contribution in [-0.2, 0) is 22.1 Å². The van der Waals surface area contributed by atoms with E-state index in [9.17, 15) is 18.0 Å². The summed E-state index contributed by atoms with van der Waals surface area (Å²) in [5.74, 6) is -1.20. The van der Waals surface area contributed by atoms with E-state index < -0.39 is 23.8 Å². The van der Waals surface area contributed by atoms with Crippen molar-refractivity contribution in [3.8, 4) is 0 Å². The standard InChI is InChI=1S/C9H10F3N3O2/c1-2-17-7(16)4-5-3-6(9(10,11)12)15-8(13)14-5/h3H,2,4H2,1H3,(H2,13,14,15). The summed E-state index contributed by atoms with van der Waals surface area (Å²) in [6.45, 7) is 1.74. The monoisotopic (exact) mass is 249 g/mol. The number of halogens is 3. The Bertz CT molecular complexity index is 420. The fraction of sp³-hybridized carbons (Fsp3) is 0.444. The van der Waals surface area contributed by atoms with Gasteiger partial charge in [-0.2, -0.15) is 13.2 Å². The Labute approximate surface area is 94.8 Å². The summed E-state index contributed by atoms with van der Waals surface area (Å²) in [6.07, 6.45) is -5.00. The number of nitrogens with two attached hydrogens (primary N) is 1. The highest BCUT2D eigenvalue weighted by Gasteiger charge is 2.33. The minimum Gasteiger partial charge on any atom is -0.466 e. The summed E-state index contributed by atoms with van der Waals surface area (Å²) in [5.41, 5.74) is 3.83. The zero-order valence-electron chi connectivity index (χ0n) is 8.91. The van der Waals surface area contributed by atoms with Gasteiger partial charge in [0.05, 0.1) is 18.7 Å². The molecule has 0 atom stereocenters. The number of alkyl halides is 3. The van der Waals surface area contributed by atoms with Crippen LogP contribution in [0.25, 0.3) is 0 Å². The lowest BCUT2D eigenvalue weighted by atomic mass is 10.2. The average Bonchev–Trinajstić information content (AvgIpc) is 2.15. The Morgan fingerprint density at radius 3 is 2.65 bits per heavy atom. The molecule has 1 aromatic heterocycles. The van der Waals surface area contributed by atoms with Crippen LogP contribution in [0.3, 0.4) is 0 Å². The molecule has 1 heterocycles. The lowest BCUT2D eigenvalue weighted by Gasteiger charge is -2.08. The number of hydrogen-bond donors (Lipinski definition) is 1. The van der Waals surface area contributed by atoms with Gasteiger partial charge in [-0.1, -0.05) is 0 Å². The molecule has 0 radical (unpaired) electrons. The van der Waals surface area contributed by atoms with Crippen molar-refractivity contribution in [2.75, 3.05) is 12.3 Å². The predicted octanol–water partition coefficient (Wildman–Crippen LogP) is 1.18. The number of nitrogens with zero attached hydrogens (tertiary/aromatic N) is 2. The third-order valence-corrected chi connectivity index (χ3v) is 1.72. The molecule has 0 amide bonds. The Morgan fingerprint density at radius 1 is 1.47 bits per heavy atom. The minimum atomic E-state index is -4.62. The molecule has 0 spiro atoms. The van der Waals surface area contributed by atoms with Gasteiger partial charge in [0.1, 0.15) is 5.69 Å². The average molecular weight is 249 g/mol. The van der Waals surface area contributed by atoms with Crippen molar-refractivity contribution in [2.45, 2.75) is 19.5 Å². The van der Waals surface area contributed by atoms with Crippen LogP contribution in [-0.4, -0.2) is 22.5 Å². The van der Waals surface area contributed by atoms with Crippen molar-refractivity contribution in [3.63, 3.8) is 0 Å². The quantitative estimate of drug-likeness (QED) is 0.814. The Balaban J connectivity index is 2.94. The van der Waals surface area contributed by atoms with E-state index in [1.165, 1.54) is 0 Å². The first kappa shape index (κ1) is 13.2. The number of nitrogen functional groups attached to an aromatic ring is 1. The number of esters is 1. The molecule has 2 N–H and O–H groups in total. The van der Waals surface area contributed by atoms with E-state index in [1.807, 2.05) is 0 Å². The molecule has 1 rings (SSSR count). The number of aromatic nitrogens is 2. The second-order valence-electron chi connectivity index (χ2n) is 3.08. The smallest absolute Gasteiger partial charge is 0.433 e. The molecule has 0 saturated carbocycles. The van der Waals surface area contributed by atoms with Crippen molar-refractivity contribution >= 4 is 11.9 Å². The van der Waals surface area contributed by atoms with Crippen LogP contribution in [0.1, 0.15) is 18.3 Å². The zero-order valence-corrected chi connectivity index (χ0v) is 8.91. The molecule has 17 heavy (non-hydrogen) atoms. The summed E-state index contributed by atoms with van der Waals surface area (Å²) in [4.78, 5) is 17.7. The van der Waals surface area contributed by atoms with Gasteiger partial charge in [-0.25, -0.2) is 9.97 Å². The van der Waals surface area contributed by atoms with Gasteiger partial charge in [-0.05, 0) is 13.0 Å². The second-order valence-corrected chi connectivity index (χ2v) is 3.08. The van der Waals surface area contributed by atoms with Crippen LogP contribution in [0.15, 0.2) is 6.07 Å². The van der Waals surface area contributed by atoms with Gasteiger partial charge >= 0.3 is 12.1 Å². The van der Waals surface area contributed by atoms with Crippen LogP contribution >= 0.6 is 0 Å². The van der Waals surface area contributed by atoms with Crippen LogP contribution in [0, 0.1) is 0 Å². The maximum atomic E-state index is 12.4. The first-order valence-electron chi connectivity index (χ1n) is 4.69. The number of carbonyl (C=O) groups excluding carboxylic acids is 1. The van der Waals surface area contributed by atoms with Gasteiger partial charge in [-0.15, -0.1) is 0 Å². The van der Waals surface area contributed by atoms with Crippen LogP contribution in [0.2, 0.25) is 0 Å². The van der Waals surface area contributed by atoms with Crippen LogP contribution in [0.4, 0.5) is 19.1 Å². The second kappa shape index (κ2) is 4.98. The zero-order chi connectivity index (χ0) is 13.1. The van der Waals surface area contributed by atoms with E-state index in [-0.39, 0.29) is 18.7 Å². The van der Waals surface area contributed by atoms with Gasteiger partial charge < -0.3 is 10.5 Å². The molecule has 94 valence electrons. The lowest BCUT2D eigenvalue weighted by molar-refractivity contribution is -0.143. The number of anilines is 1. The molecule has 0 aromatic carbocycles. The van der Waals surface area contributed by atoms with Gasteiger partial charge in [-0.3, -0.25) is 4.79 Å². The number of ether oxygens (including phenoxy) is 1. The number of hydrogen-bond acceptors (Lipinski definition) is 5. The van der Waals surface area contributed by atoms with Gasteiger partial charge in [0.2, 0.25) is 5.95 Å². The normalized spacial score (nSPS) is 11.3. The fourth-order valence-corrected chi connectivity index (χ4v) is 1.11. The maximum absolute atomic E-state index is 12.4. The van der Waals surface area contributed by atoms with E-state index in [1.54, 1.807) is 6.92 Å². The van der Waals surface area contributed by atoms with Crippen LogP contribution < -0.4 is 5.73 Å². The van der Waals surface area contributed by atoms with Crippen molar-refractivity contribution in [1.29, 1.82) is 0 Å². The molecular formula is C9H10F3N3O2. The molecular weight excluding hydrogens is 239 g/mol. The third kappa shape index (κ3) is 3.89. The molecule has 5 nitrogen and oxygen atoms in total. The van der Waals surface area contributed by atoms with Crippen molar-refractivity contribution in [3.05, 3.63) is 17.5 Å². The summed E-state index contributed by atoms with van der Waals surface area (Å²) in [7, 11) is 0. The summed E-state index contributed by atoms with van der Waals surface area (Å²) >= 11 is 0. The van der Waals surface area contributed by atoms with Crippen molar-refractivity contribution in [2.24, 2.45) is 0 Å². The molecule has 0 bridgehead atoms. The highest BCUT2D eigenvalue weighted by molar-refractivity contribution is 5.72. The summed E-state index contributed by atoms with van der Waals surface area (Å²) in [5, 5.41) is 0. The van der Waals surface area contributed by atoms with Crippen LogP contribution in [0.5, 0.6) is 0 Å². The van der Waals surface area contributed by atoms with E-state index in [2.05, 4.69) is 14.7 Å². The lowest BCUT2D eigenvalue weighted by Crippen LogP contribution is -2.15.